The zero-order chi connectivity index (χ0) is 16.9. The van der Waals surface area contributed by atoms with E-state index in [1.807, 2.05) is 24.3 Å². The second-order valence-electron chi connectivity index (χ2n) is 5.39. The standard InChI is InChI=1S/C18H25BrO4/c1-2-3-4-5-8-13-22-17(20)11-12-18(21)23-14-15-9-6-7-10-16(15)19/h6-7,9-10H,2-5,8,11-14H2,1H3. The Morgan fingerprint density at radius 2 is 1.61 bits per heavy atom. The summed E-state index contributed by atoms with van der Waals surface area (Å²) < 4.78 is 11.2. The Morgan fingerprint density at radius 3 is 2.30 bits per heavy atom. The van der Waals surface area contributed by atoms with Crippen LogP contribution in [-0.4, -0.2) is 18.5 Å². The molecule has 0 unspecified atom stereocenters. The molecule has 0 N–H and O–H groups in total. The van der Waals surface area contributed by atoms with E-state index in [1.54, 1.807) is 0 Å². The summed E-state index contributed by atoms with van der Waals surface area (Å²) in [5, 5.41) is 0. The van der Waals surface area contributed by atoms with E-state index in [0.717, 1.165) is 22.9 Å². The fourth-order valence-corrected chi connectivity index (χ4v) is 2.41. The van der Waals surface area contributed by atoms with Crippen LogP contribution in [0.15, 0.2) is 28.7 Å². The van der Waals surface area contributed by atoms with Gasteiger partial charge in [-0.25, -0.2) is 0 Å². The Hall–Kier alpha value is -1.36. The molecule has 0 aliphatic heterocycles. The van der Waals surface area contributed by atoms with E-state index in [2.05, 4.69) is 22.9 Å². The van der Waals surface area contributed by atoms with Crippen molar-refractivity contribution in [3.63, 3.8) is 0 Å². The monoisotopic (exact) mass is 384 g/mol. The normalized spacial score (nSPS) is 10.3. The van der Waals surface area contributed by atoms with Gasteiger partial charge in [-0.1, -0.05) is 66.7 Å². The minimum absolute atomic E-state index is 0.0547. The van der Waals surface area contributed by atoms with E-state index in [-0.39, 0.29) is 31.4 Å². The molecule has 0 aliphatic carbocycles. The predicted molar refractivity (Wildman–Crippen MR) is 92.9 cm³/mol. The fourth-order valence-electron chi connectivity index (χ4n) is 2.01. The van der Waals surface area contributed by atoms with Gasteiger partial charge in [-0.05, 0) is 12.5 Å². The van der Waals surface area contributed by atoms with E-state index in [4.69, 9.17) is 9.47 Å². The molecule has 4 nitrogen and oxygen atoms in total. The number of hydrogen-bond donors (Lipinski definition) is 0. The van der Waals surface area contributed by atoms with Gasteiger partial charge in [-0.15, -0.1) is 0 Å². The van der Waals surface area contributed by atoms with E-state index < -0.39 is 0 Å². The largest absolute Gasteiger partial charge is 0.466 e. The summed E-state index contributed by atoms with van der Waals surface area (Å²) in [6.45, 7) is 2.80. The van der Waals surface area contributed by atoms with Crippen molar-refractivity contribution in [2.24, 2.45) is 0 Å². The van der Waals surface area contributed by atoms with Gasteiger partial charge in [0.2, 0.25) is 0 Å². The number of halogens is 1. The molecular formula is C18H25BrO4. The molecule has 1 aromatic carbocycles. The summed E-state index contributed by atoms with van der Waals surface area (Å²) in [5.41, 5.74) is 0.899. The lowest BCUT2D eigenvalue weighted by atomic mass is 10.2. The molecule has 0 aliphatic rings. The molecule has 1 rings (SSSR count). The molecule has 0 aromatic heterocycles. The number of ether oxygens (including phenoxy) is 2. The van der Waals surface area contributed by atoms with Gasteiger partial charge in [0.1, 0.15) is 6.61 Å². The quantitative estimate of drug-likeness (QED) is 0.406. The van der Waals surface area contributed by atoms with Gasteiger partial charge >= 0.3 is 11.9 Å². The molecule has 0 amide bonds. The molecule has 0 bridgehead atoms. The number of carbonyl (C=O) groups is 2. The first kappa shape index (κ1) is 19.7. The molecule has 5 heteroatoms. The Morgan fingerprint density at radius 1 is 0.957 bits per heavy atom. The maximum Gasteiger partial charge on any atom is 0.306 e. The van der Waals surface area contributed by atoms with Crippen LogP contribution in [0.25, 0.3) is 0 Å². The van der Waals surface area contributed by atoms with E-state index >= 15 is 0 Å². The fraction of sp³-hybridized carbons (Fsp3) is 0.556. The lowest BCUT2D eigenvalue weighted by Gasteiger charge is -2.07. The number of rotatable bonds is 11. The smallest absolute Gasteiger partial charge is 0.306 e. The maximum atomic E-state index is 11.6. The average Bonchev–Trinajstić information content (AvgIpc) is 2.55. The molecule has 0 fully saturated rings. The zero-order valence-electron chi connectivity index (χ0n) is 13.7. The van der Waals surface area contributed by atoms with Crippen LogP contribution in [0.5, 0.6) is 0 Å². The van der Waals surface area contributed by atoms with Crippen molar-refractivity contribution in [3.05, 3.63) is 34.3 Å². The zero-order valence-corrected chi connectivity index (χ0v) is 15.3. The van der Waals surface area contributed by atoms with Crippen LogP contribution >= 0.6 is 15.9 Å². The summed E-state index contributed by atoms with van der Waals surface area (Å²) in [5.74, 6) is -0.723. The van der Waals surface area contributed by atoms with Gasteiger partial charge in [-0.2, -0.15) is 0 Å². The lowest BCUT2D eigenvalue weighted by Crippen LogP contribution is -2.11. The van der Waals surface area contributed by atoms with Gasteiger partial charge in [-0.3, -0.25) is 9.59 Å². The van der Waals surface area contributed by atoms with Crippen LogP contribution in [0.1, 0.15) is 57.4 Å². The summed E-state index contributed by atoms with van der Waals surface area (Å²) in [6.07, 6.45) is 5.68. The van der Waals surface area contributed by atoms with Crippen LogP contribution in [-0.2, 0) is 25.7 Å². The van der Waals surface area contributed by atoms with Crippen LogP contribution < -0.4 is 0 Å². The minimum atomic E-state index is -0.388. The Balaban J connectivity index is 2.08. The topological polar surface area (TPSA) is 52.6 Å². The van der Waals surface area contributed by atoms with Crippen LogP contribution in [0.3, 0.4) is 0 Å². The number of unbranched alkanes of at least 4 members (excludes halogenated alkanes) is 4. The predicted octanol–water partition coefficient (Wildman–Crippen LogP) is 4.79. The van der Waals surface area contributed by atoms with Crippen LogP contribution in [0.4, 0.5) is 0 Å². The number of carbonyl (C=O) groups excluding carboxylic acids is 2. The van der Waals surface area contributed by atoms with Crippen molar-refractivity contribution in [1.29, 1.82) is 0 Å². The molecule has 0 saturated heterocycles. The molecule has 0 spiro atoms. The summed E-state index contributed by atoms with van der Waals surface area (Å²) in [7, 11) is 0. The van der Waals surface area contributed by atoms with E-state index in [9.17, 15) is 9.59 Å². The third kappa shape index (κ3) is 9.39. The highest BCUT2D eigenvalue weighted by molar-refractivity contribution is 9.10. The van der Waals surface area contributed by atoms with Crippen LogP contribution in [0, 0.1) is 0 Å². The molecule has 128 valence electrons. The number of esters is 2. The summed E-state index contributed by atoms with van der Waals surface area (Å²) >= 11 is 3.39. The van der Waals surface area contributed by atoms with Gasteiger partial charge in [0.05, 0.1) is 19.4 Å². The minimum Gasteiger partial charge on any atom is -0.466 e. The van der Waals surface area contributed by atoms with Crippen molar-refractivity contribution < 1.29 is 19.1 Å². The van der Waals surface area contributed by atoms with Crippen molar-refractivity contribution in [1.82, 2.24) is 0 Å². The Bertz CT molecular complexity index is 488. The van der Waals surface area contributed by atoms with Crippen molar-refractivity contribution in [3.8, 4) is 0 Å². The highest BCUT2D eigenvalue weighted by Crippen LogP contribution is 2.16. The lowest BCUT2D eigenvalue weighted by molar-refractivity contribution is -0.151. The Kier molecular flexibility index (Phi) is 10.4. The maximum absolute atomic E-state index is 11.6. The molecular weight excluding hydrogens is 360 g/mol. The van der Waals surface area contributed by atoms with Gasteiger partial charge < -0.3 is 9.47 Å². The third-order valence-corrected chi connectivity index (χ3v) is 4.16. The number of benzene rings is 1. The third-order valence-electron chi connectivity index (χ3n) is 3.39. The molecule has 0 atom stereocenters. The van der Waals surface area contributed by atoms with Crippen molar-refractivity contribution in [2.75, 3.05) is 6.61 Å². The molecule has 0 heterocycles. The van der Waals surface area contributed by atoms with Gasteiger partial charge in [0.25, 0.3) is 0 Å². The van der Waals surface area contributed by atoms with Gasteiger partial charge in [0.15, 0.2) is 0 Å². The second-order valence-corrected chi connectivity index (χ2v) is 6.24. The summed E-state index contributed by atoms with van der Waals surface area (Å²) in [6, 6.07) is 7.55. The first-order valence-electron chi connectivity index (χ1n) is 8.18. The molecule has 1 aromatic rings. The molecule has 23 heavy (non-hydrogen) atoms. The van der Waals surface area contributed by atoms with E-state index in [1.165, 1.54) is 19.3 Å². The first-order chi connectivity index (χ1) is 11.1. The summed E-state index contributed by atoms with van der Waals surface area (Å²) in [4.78, 5) is 23.2. The highest BCUT2D eigenvalue weighted by atomic mass is 79.9. The van der Waals surface area contributed by atoms with Crippen LogP contribution in [0.2, 0.25) is 0 Å². The van der Waals surface area contributed by atoms with Crippen molar-refractivity contribution in [2.45, 2.75) is 58.5 Å². The molecule has 0 radical (unpaired) electrons. The Labute approximate surface area is 146 Å². The van der Waals surface area contributed by atoms with Crippen molar-refractivity contribution >= 4 is 27.9 Å². The average molecular weight is 385 g/mol. The second kappa shape index (κ2) is 12.1. The van der Waals surface area contributed by atoms with E-state index in [0.29, 0.717) is 6.61 Å². The first-order valence-corrected chi connectivity index (χ1v) is 8.97. The van der Waals surface area contributed by atoms with Gasteiger partial charge in [0, 0.05) is 10.0 Å². The molecule has 0 saturated carbocycles. The SMILES string of the molecule is CCCCCCCOC(=O)CCC(=O)OCc1ccccc1Br. The highest BCUT2D eigenvalue weighted by Gasteiger charge is 2.10. The number of hydrogen-bond acceptors (Lipinski definition) is 4.